The minimum absolute atomic E-state index is 0.0595. The van der Waals surface area contributed by atoms with Crippen LogP contribution in [0.25, 0.3) is 0 Å². The lowest BCUT2D eigenvalue weighted by atomic mass is 10.0. The molecule has 1 amide bonds. The number of carbonyl (C=O) groups excluding carboxylic acids is 1. The summed E-state index contributed by atoms with van der Waals surface area (Å²) in [5, 5.41) is 11.5. The molecule has 0 aliphatic carbocycles. The molecular formula is C16H23N3O4S. The lowest BCUT2D eigenvalue weighted by Gasteiger charge is -2.21. The van der Waals surface area contributed by atoms with Gasteiger partial charge in [-0.1, -0.05) is 0 Å². The molecule has 3 atom stereocenters. The van der Waals surface area contributed by atoms with Crippen LogP contribution in [0.4, 0.5) is 0 Å². The summed E-state index contributed by atoms with van der Waals surface area (Å²) in [5.41, 5.74) is 0.927. The molecule has 3 unspecified atom stereocenters. The first kappa shape index (κ1) is 17.2. The molecule has 4 N–H and O–H groups in total. The van der Waals surface area contributed by atoms with Gasteiger partial charge in [-0.3, -0.25) is 4.79 Å². The van der Waals surface area contributed by atoms with E-state index in [9.17, 15) is 13.2 Å². The molecule has 2 heterocycles. The summed E-state index contributed by atoms with van der Waals surface area (Å²) in [7, 11) is -3.89. The molecule has 0 radical (unpaired) electrons. The van der Waals surface area contributed by atoms with E-state index in [4.69, 9.17) is 9.88 Å². The molecule has 2 aliphatic rings. The lowest BCUT2D eigenvalue weighted by Crippen LogP contribution is -2.45. The molecule has 0 aromatic heterocycles. The Kier molecular flexibility index (Phi) is 4.54. The number of amides is 1. The first-order valence-corrected chi connectivity index (χ1v) is 9.71. The number of carbonyl (C=O) groups is 1. The third-order valence-corrected chi connectivity index (χ3v) is 5.49. The number of fused-ring (bicyclic) bond motifs is 1. The van der Waals surface area contributed by atoms with Crippen molar-refractivity contribution in [2.45, 2.75) is 56.2 Å². The minimum Gasteiger partial charge on any atom is -0.489 e. The predicted octanol–water partition coefficient (Wildman–Crippen LogP) is 0.528. The van der Waals surface area contributed by atoms with Crippen molar-refractivity contribution in [1.82, 2.24) is 10.6 Å². The van der Waals surface area contributed by atoms with Crippen LogP contribution in [0, 0.1) is 0 Å². The van der Waals surface area contributed by atoms with Gasteiger partial charge in [-0.05, 0) is 50.9 Å². The van der Waals surface area contributed by atoms with Crippen LogP contribution >= 0.6 is 0 Å². The van der Waals surface area contributed by atoms with Crippen LogP contribution in [-0.4, -0.2) is 39.1 Å². The Morgan fingerprint density at radius 3 is 2.83 bits per heavy atom. The molecule has 1 saturated heterocycles. The van der Waals surface area contributed by atoms with Crippen LogP contribution in [0.3, 0.4) is 0 Å². The maximum Gasteiger partial charge on any atom is 0.255 e. The molecule has 7 nitrogen and oxygen atoms in total. The van der Waals surface area contributed by atoms with Crippen LogP contribution in [-0.2, 0) is 16.4 Å². The van der Waals surface area contributed by atoms with Crippen LogP contribution in [0.2, 0.25) is 0 Å². The summed E-state index contributed by atoms with van der Waals surface area (Å²) in [4.78, 5) is 12.6. The smallest absolute Gasteiger partial charge is 0.255 e. The van der Waals surface area contributed by atoms with Gasteiger partial charge in [-0.2, -0.15) is 0 Å². The van der Waals surface area contributed by atoms with E-state index < -0.39 is 10.0 Å². The molecular weight excluding hydrogens is 330 g/mol. The molecule has 132 valence electrons. The zero-order chi connectivity index (χ0) is 17.5. The third-order valence-electron chi connectivity index (χ3n) is 4.60. The van der Waals surface area contributed by atoms with Gasteiger partial charge in [-0.25, -0.2) is 13.6 Å². The zero-order valence-electron chi connectivity index (χ0n) is 13.8. The van der Waals surface area contributed by atoms with Crippen molar-refractivity contribution >= 4 is 15.9 Å². The highest BCUT2D eigenvalue weighted by Crippen LogP contribution is 2.35. The number of sulfonamides is 1. The van der Waals surface area contributed by atoms with E-state index in [0.717, 1.165) is 19.4 Å². The normalized spacial score (nSPS) is 24.3. The zero-order valence-corrected chi connectivity index (χ0v) is 14.7. The fraction of sp³-hybridized carbons (Fsp3) is 0.562. The monoisotopic (exact) mass is 353 g/mol. The Hall–Kier alpha value is -1.64. The Morgan fingerprint density at radius 1 is 1.46 bits per heavy atom. The van der Waals surface area contributed by atoms with E-state index in [1.165, 1.54) is 12.1 Å². The van der Waals surface area contributed by atoms with Gasteiger partial charge in [0.2, 0.25) is 10.0 Å². The molecule has 0 bridgehead atoms. The fourth-order valence-electron chi connectivity index (χ4n) is 3.36. The van der Waals surface area contributed by atoms with Crippen LogP contribution in [0.5, 0.6) is 5.75 Å². The second-order valence-electron chi connectivity index (χ2n) is 6.60. The first-order chi connectivity index (χ1) is 11.3. The van der Waals surface area contributed by atoms with Crippen molar-refractivity contribution in [1.29, 1.82) is 0 Å². The Morgan fingerprint density at radius 2 is 2.21 bits per heavy atom. The number of ether oxygens (including phenoxy) is 1. The van der Waals surface area contributed by atoms with Crippen molar-refractivity contribution in [3.63, 3.8) is 0 Å². The van der Waals surface area contributed by atoms with Crippen LogP contribution in [0.1, 0.15) is 42.6 Å². The highest BCUT2D eigenvalue weighted by molar-refractivity contribution is 7.89. The molecule has 1 aromatic carbocycles. The molecule has 24 heavy (non-hydrogen) atoms. The first-order valence-electron chi connectivity index (χ1n) is 8.16. The molecule has 3 rings (SSSR count). The Labute approximate surface area is 142 Å². The van der Waals surface area contributed by atoms with Gasteiger partial charge in [0.05, 0.1) is 10.5 Å². The Balaban J connectivity index is 1.91. The lowest BCUT2D eigenvalue weighted by molar-refractivity contribution is 0.0928. The summed E-state index contributed by atoms with van der Waals surface area (Å²) in [5.74, 6) is 0.117. The number of nitrogens with one attached hydrogen (secondary N) is 2. The molecule has 1 fully saturated rings. The van der Waals surface area contributed by atoms with E-state index in [1.54, 1.807) is 0 Å². The Bertz CT molecular complexity index is 757. The van der Waals surface area contributed by atoms with Gasteiger partial charge in [0, 0.05) is 18.5 Å². The topological polar surface area (TPSA) is 111 Å². The number of rotatable bonds is 4. The number of hydrogen-bond donors (Lipinski definition) is 3. The second-order valence-corrected chi connectivity index (χ2v) is 8.16. The number of hydrogen-bond acceptors (Lipinski definition) is 5. The van der Waals surface area contributed by atoms with Gasteiger partial charge in [0.15, 0.2) is 0 Å². The maximum atomic E-state index is 12.7. The number of nitrogens with two attached hydrogens (primary N) is 1. The summed E-state index contributed by atoms with van der Waals surface area (Å²) in [6.07, 6.45) is 2.54. The minimum atomic E-state index is -3.89. The summed E-state index contributed by atoms with van der Waals surface area (Å²) >= 11 is 0. The second kappa shape index (κ2) is 6.34. The quantitative estimate of drug-likeness (QED) is 0.731. The van der Waals surface area contributed by atoms with Gasteiger partial charge in [-0.15, -0.1) is 0 Å². The summed E-state index contributed by atoms with van der Waals surface area (Å²) < 4.78 is 29.2. The molecule has 1 aromatic rings. The van der Waals surface area contributed by atoms with Crippen molar-refractivity contribution < 1.29 is 17.9 Å². The largest absolute Gasteiger partial charge is 0.489 e. The summed E-state index contributed by atoms with van der Waals surface area (Å²) in [6, 6.07) is 2.96. The van der Waals surface area contributed by atoms with E-state index in [-0.39, 0.29) is 34.6 Å². The predicted molar refractivity (Wildman–Crippen MR) is 89.6 cm³/mol. The standard InChI is InChI=1S/C16H23N3O4S/c1-9-6-11-7-12(24(17,21)22)8-13(15(11)23-9)16(20)19-10(2)14-4-3-5-18-14/h7-10,14,18H,3-6H2,1-2H3,(H,19,20)(H2,17,21,22). The highest BCUT2D eigenvalue weighted by atomic mass is 32.2. The van der Waals surface area contributed by atoms with E-state index in [2.05, 4.69) is 10.6 Å². The van der Waals surface area contributed by atoms with Gasteiger partial charge in [0.25, 0.3) is 5.91 Å². The van der Waals surface area contributed by atoms with Gasteiger partial charge in [0.1, 0.15) is 11.9 Å². The fourth-order valence-corrected chi connectivity index (χ4v) is 3.95. The average Bonchev–Trinajstić information content (AvgIpc) is 3.12. The SMILES string of the molecule is CC1Cc2cc(S(N)(=O)=O)cc(C(=O)NC(C)C3CCCN3)c2O1. The van der Waals surface area contributed by atoms with Crippen molar-refractivity contribution in [3.8, 4) is 5.75 Å². The highest BCUT2D eigenvalue weighted by Gasteiger charge is 2.30. The van der Waals surface area contributed by atoms with Crippen LogP contribution < -0.4 is 20.5 Å². The van der Waals surface area contributed by atoms with Crippen molar-refractivity contribution in [2.75, 3.05) is 6.54 Å². The van der Waals surface area contributed by atoms with E-state index in [0.29, 0.717) is 17.7 Å². The molecule has 0 saturated carbocycles. The number of primary sulfonamides is 1. The third kappa shape index (κ3) is 3.40. The van der Waals surface area contributed by atoms with Crippen molar-refractivity contribution in [3.05, 3.63) is 23.3 Å². The molecule has 8 heteroatoms. The van der Waals surface area contributed by atoms with Gasteiger partial charge < -0.3 is 15.4 Å². The summed E-state index contributed by atoms with van der Waals surface area (Å²) in [6.45, 7) is 4.76. The number of benzene rings is 1. The average molecular weight is 353 g/mol. The van der Waals surface area contributed by atoms with E-state index in [1.807, 2.05) is 13.8 Å². The van der Waals surface area contributed by atoms with Gasteiger partial charge >= 0.3 is 0 Å². The van der Waals surface area contributed by atoms with Crippen LogP contribution in [0.15, 0.2) is 17.0 Å². The molecule has 0 spiro atoms. The van der Waals surface area contributed by atoms with E-state index >= 15 is 0 Å². The maximum absolute atomic E-state index is 12.7. The molecule has 2 aliphatic heterocycles. The van der Waals surface area contributed by atoms with Crippen molar-refractivity contribution in [2.24, 2.45) is 5.14 Å².